The van der Waals surface area contributed by atoms with E-state index in [1.165, 1.54) is 0 Å². The highest BCUT2D eigenvalue weighted by Crippen LogP contribution is 2.39. The minimum absolute atomic E-state index is 0.311. The molecule has 0 saturated heterocycles. The summed E-state index contributed by atoms with van der Waals surface area (Å²) >= 11 is 3.46. The molecule has 0 N–H and O–H groups in total. The van der Waals surface area contributed by atoms with Crippen LogP contribution in [0.15, 0.2) is 40.9 Å². The van der Waals surface area contributed by atoms with Gasteiger partial charge in [0.1, 0.15) is 6.07 Å². The summed E-state index contributed by atoms with van der Waals surface area (Å²) in [7, 11) is 0. The van der Waals surface area contributed by atoms with Crippen LogP contribution in [-0.4, -0.2) is 19.1 Å². The van der Waals surface area contributed by atoms with Gasteiger partial charge in [0, 0.05) is 16.7 Å². The lowest BCUT2D eigenvalue weighted by molar-refractivity contribution is 0.0505. The lowest BCUT2D eigenvalue weighted by Crippen LogP contribution is -2.15. The topological polar surface area (TPSA) is 53.3 Å². The van der Waals surface area contributed by atoms with Gasteiger partial charge in [0.05, 0.1) is 23.4 Å². The molecule has 4 nitrogen and oxygen atoms in total. The van der Waals surface area contributed by atoms with E-state index < -0.39 is 0 Å². The van der Waals surface area contributed by atoms with Gasteiger partial charge in [-0.05, 0) is 48.7 Å². The molecule has 0 aromatic heterocycles. The van der Waals surface area contributed by atoms with E-state index in [1.807, 2.05) is 31.2 Å². The predicted octanol–water partition coefficient (Wildman–Crippen LogP) is 4.58. The number of carbonyl (C=O) groups is 1. The average Bonchev–Trinajstić information content (AvgIpc) is 3.02. The van der Waals surface area contributed by atoms with Crippen molar-refractivity contribution in [2.24, 2.45) is 0 Å². The van der Waals surface area contributed by atoms with Gasteiger partial charge in [-0.25, -0.2) is 4.79 Å². The van der Waals surface area contributed by atoms with Gasteiger partial charge in [-0.2, -0.15) is 5.26 Å². The summed E-state index contributed by atoms with van der Waals surface area (Å²) < 4.78 is 6.12. The fraction of sp³-hybridized carbons (Fsp3) is 0.263. The summed E-state index contributed by atoms with van der Waals surface area (Å²) in [5.41, 5.74) is 4.14. The number of anilines is 2. The number of carbonyl (C=O) groups excluding carboxylic acids is 1. The van der Waals surface area contributed by atoms with Crippen LogP contribution in [-0.2, 0) is 11.2 Å². The molecule has 24 heavy (non-hydrogen) atoms. The standard InChI is InChI=1S/C19H17BrN2O2/c1-2-8-24-19(23)14-4-3-5-17(11-14)22-7-6-13-9-16(20)10-15(12-21)18(13)22/h3-5,9-11H,2,6-8H2,1H3. The molecule has 0 atom stereocenters. The second-order valence-electron chi connectivity index (χ2n) is 5.66. The van der Waals surface area contributed by atoms with Crippen LogP contribution < -0.4 is 4.90 Å². The van der Waals surface area contributed by atoms with Gasteiger partial charge >= 0.3 is 5.97 Å². The smallest absolute Gasteiger partial charge is 0.338 e. The second-order valence-corrected chi connectivity index (χ2v) is 6.58. The van der Waals surface area contributed by atoms with Crippen LogP contribution in [0.25, 0.3) is 0 Å². The first-order chi connectivity index (χ1) is 11.6. The molecule has 2 aromatic carbocycles. The van der Waals surface area contributed by atoms with Crippen molar-refractivity contribution in [2.45, 2.75) is 19.8 Å². The Labute approximate surface area is 149 Å². The fourth-order valence-corrected chi connectivity index (χ4v) is 3.44. The maximum atomic E-state index is 12.1. The van der Waals surface area contributed by atoms with Gasteiger partial charge in [-0.15, -0.1) is 0 Å². The van der Waals surface area contributed by atoms with E-state index in [2.05, 4.69) is 33.0 Å². The van der Waals surface area contributed by atoms with Crippen LogP contribution in [0.3, 0.4) is 0 Å². The maximum absolute atomic E-state index is 12.1. The quantitative estimate of drug-likeness (QED) is 0.723. The number of esters is 1. The summed E-state index contributed by atoms with van der Waals surface area (Å²) in [6.45, 7) is 3.17. The molecule has 3 rings (SSSR count). The molecule has 0 radical (unpaired) electrons. The van der Waals surface area contributed by atoms with Gasteiger partial charge in [0.2, 0.25) is 0 Å². The zero-order valence-corrected chi connectivity index (χ0v) is 15.0. The Morgan fingerprint density at radius 2 is 2.21 bits per heavy atom. The van der Waals surface area contributed by atoms with Crippen LogP contribution in [0.2, 0.25) is 0 Å². The predicted molar refractivity (Wildman–Crippen MR) is 96.6 cm³/mol. The number of ether oxygens (including phenoxy) is 1. The molecule has 0 aliphatic carbocycles. The van der Waals surface area contributed by atoms with Crippen molar-refractivity contribution in [3.63, 3.8) is 0 Å². The van der Waals surface area contributed by atoms with Crippen molar-refractivity contribution < 1.29 is 9.53 Å². The normalized spacial score (nSPS) is 12.6. The SMILES string of the molecule is CCCOC(=O)c1cccc(N2CCc3cc(Br)cc(C#N)c32)c1. The molecule has 1 aliphatic heterocycles. The van der Waals surface area contributed by atoms with E-state index in [0.29, 0.717) is 17.7 Å². The van der Waals surface area contributed by atoms with E-state index >= 15 is 0 Å². The average molecular weight is 385 g/mol. The number of rotatable bonds is 4. The number of halogens is 1. The van der Waals surface area contributed by atoms with Gasteiger partial charge in [-0.3, -0.25) is 0 Å². The maximum Gasteiger partial charge on any atom is 0.338 e. The van der Waals surface area contributed by atoms with Crippen LogP contribution in [0.4, 0.5) is 11.4 Å². The third-order valence-electron chi connectivity index (χ3n) is 3.98. The van der Waals surface area contributed by atoms with Crippen molar-refractivity contribution in [3.05, 3.63) is 57.6 Å². The highest BCUT2D eigenvalue weighted by molar-refractivity contribution is 9.10. The van der Waals surface area contributed by atoms with E-state index in [9.17, 15) is 10.1 Å². The largest absolute Gasteiger partial charge is 0.462 e. The Morgan fingerprint density at radius 3 is 2.96 bits per heavy atom. The molecule has 2 aromatic rings. The van der Waals surface area contributed by atoms with Crippen molar-refractivity contribution in [1.82, 2.24) is 0 Å². The lowest BCUT2D eigenvalue weighted by atomic mass is 10.1. The monoisotopic (exact) mass is 384 g/mol. The van der Waals surface area contributed by atoms with Crippen LogP contribution >= 0.6 is 15.9 Å². The minimum Gasteiger partial charge on any atom is -0.462 e. The Kier molecular flexibility index (Phi) is 4.86. The Morgan fingerprint density at radius 1 is 1.38 bits per heavy atom. The number of nitriles is 1. The number of benzene rings is 2. The van der Waals surface area contributed by atoms with Gasteiger partial charge in [0.25, 0.3) is 0 Å². The summed E-state index contributed by atoms with van der Waals surface area (Å²) in [4.78, 5) is 14.2. The van der Waals surface area contributed by atoms with Gasteiger partial charge in [-0.1, -0.05) is 28.9 Å². The van der Waals surface area contributed by atoms with E-state index in [-0.39, 0.29) is 5.97 Å². The zero-order valence-electron chi connectivity index (χ0n) is 13.4. The molecular formula is C19H17BrN2O2. The third kappa shape index (κ3) is 3.15. The Balaban J connectivity index is 1.96. The molecule has 0 unspecified atom stereocenters. The molecule has 1 aliphatic rings. The number of fused-ring (bicyclic) bond motifs is 1. The van der Waals surface area contributed by atoms with E-state index in [0.717, 1.165) is 40.8 Å². The number of hydrogen-bond donors (Lipinski definition) is 0. The first kappa shape index (κ1) is 16.5. The molecule has 5 heteroatoms. The van der Waals surface area contributed by atoms with Crippen molar-refractivity contribution in [1.29, 1.82) is 5.26 Å². The molecule has 0 spiro atoms. The zero-order chi connectivity index (χ0) is 17.1. The molecule has 0 amide bonds. The number of nitrogens with zero attached hydrogens (tertiary/aromatic N) is 2. The Hall–Kier alpha value is -2.32. The molecular weight excluding hydrogens is 368 g/mol. The molecule has 0 saturated carbocycles. The van der Waals surface area contributed by atoms with E-state index in [4.69, 9.17) is 4.74 Å². The highest BCUT2D eigenvalue weighted by Gasteiger charge is 2.25. The number of hydrogen-bond acceptors (Lipinski definition) is 4. The van der Waals surface area contributed by atoms with Gasteiger partial charge < -0.3 is 9.64 Å². The molecule has 122 valence electrons. The van der Waals surface area contributed by atoms with E-state index in [1.54, 1.807) is 6.07 Å². The first-order valence-electron chi connectivity index (χ1n) is 7.91. The van der Waals surface area contributed by atoms with Crippen molar-refractivity contribution in [3.8, 4) is 6.07 Å². The Bertz CT molecular complexity index is 827. The highest BCUT2D eigenvalue weighted by atomic mass is 79.9. The van der Waals surface area contributed by atoms with Crippen LogP contribution in [0.5, 0.6) is 0 Å². The van der Waals surface area contributed by atoms with Crippen LogP contribution in [0.1, 0.15) is 34.8 Å². The fourth-order valence-electron chi connectivity index (χ4n) is 2.93. The summed E-state index contributed by atoms with van der Waals surface area (Å²) in [5, 5.41) is 9.46. The minimum atomic E-state index is -0.311. The lowest BCUT2D eigenvalue weighted by Gasteiger charge is -2.21. The summed E-state index contributed by atoms with van der Waals surface area (Å²) in [5.74, 6) is -0.311. The summed E-state index contributed by atoms with van der Waals surface area (Å²) in [6.07, 6.45) is 1.67. The summed E-state index contributed by atoms with van der Waals surface area (Å²) in [6, 6.07) is 13.5. The van der Waals surface area contributed by atoms with Crippen molar-refractivity contribution in [2.75, 3.05) is 18.1 Å². The molecule has 0 fully saturated rings. The van der Waals surface area contributed by atoms with Crippen molar-refractivity contribution >= 4 is 33.3 Å². The third-order valence-corrected chi connectivity index (χ3v) is 4.44. The first-order valence-corrected chi connectivity index (χ1v) is 8.70. The van der Waals surface area contributed by atoms with Crippen LogP contribution in [0, 0.1) is 11.3 Å². The van der Waals surface area contributed by atoms with Gasteiger partial charge in [0.15, 0.2) is 0 Å². The molecule has 1 heterocycles. The molecule has 0 bridgehead atoms. The second kappa shape index (κ2) is 7.06.